The van der Waals surface area contributed by atoms with Crippen LogP contribution in [0.3, 0.4) is 0 Å². The lowest BCUT2D eigenvalue weighted by molar-refractivity contribution is -0.119. The maximum atomic E-state index is 13.1. The fourth-order valence-corrected chi connectivity index (χ4v) is 3.45. The molecule has 30 heavy (non-hydrogen) atoms. The SMILES string of the molecule is CCCOc1ccc(C(=O)N(C)CC(=O)N2c3ccccc3NC(=O)C[C@H]2C)cc1. The Labute approximate surface area is 176 Å². The maximum Gasteiger partial charge on any atom is 0.254 e. The van der Waals surface area contributed by atoms with Crippen molar-refractivity contribution in [1.29, 1.82) is 0 Å². The molecule has 0 bridgehead atoms. The van der Waals surface area contributed by atoms with Crippen LogP contribution in [0.25, 0.3) is 0 Å². The third-order valence-electron chi connectivity index (χ3n) is 4.92. The van der Waals surface area contributed by atoms with E-state index in [1.165, 1.54) is 4.90 Å². The molecule has 0 aromatic heterocycles. The summed E-state index contributed by atoms with van der Waals surface area (Å²) in [5.74, 6) is 0.0694. The molecule has 0 fully saturated rings. The second kappa shape index (κ2) is 9.43. The summed E-state index contributed by atoms with van der Waals surface area (Å²) < 4.78 is 5.54. The molecule has 2 aromatic rings. The number of carbonyl (C=O) groups is 3. The smallest absolute Gasteiger partial charge is 0.254 e. The van der Waals surface area contributed by atoms with Crippen molar-refractivity contribution in [3.8, 4) is 5.75 Å². The van der Waals surface area contributed by atoms with E-state index in [0.29, 0.717) is 29.3 Å². The molecule has 1 aliphatic heterocycles. The highest BCUT2D eigenvalue weighted by Crippen LogP contribution is 2.31. The van der Waals surface area contributed by atoms with Crippen LogP contribution in [0.2, 0.25) is 0 Å². The van der Waals surface area contributed by atoms with Crippen LogP contribution in [0.5, 0.6) is 5.75 Å². The quantitative estimate of drug-likeness (QED) is 0.794. The highest BCUT2D eigenvalue weighted by Gasteiger charge is 2.30. The van der Waals surface area contributed by atoms with Gasteiger partial charge in [0.15, 0.2) is 0 Å². The predicted octanol–water partition coefficient (Wildman–Crippen LogP) is 3.31. The Morgan fingerprint density at radius 2 is 1.87 bits per heavy atom. The molecule has 2 aromatic carbocycles. The van der Waals surface area contributed by atoms with E-state index in [2.05, 4.69) is 5.32 Å². The molecule has 7 heteroatoms. The summed E-state index contributed by atoms with van der Waals surface area (Å²) in [6.07, 6.45) is 1.10. The lowest BCUT2D eigenvalue weighted by atomic mass is 10.1. The highest BCUT2D eigenvalue weighted by atomic mass is 16.5. The predicted molar refractivity (Wildman–Crippen MR) is 116 cm³/mol. The first kappa shape index (κ1) is 21.4. The minimum Gasteiger partial charge on any atom is -0.494 e. The number of nitrogens with zero attached hydrogens (tertiary/aromatic N) is 2. The van der Waals surface area contributed by atoms with Crippen molar-refractivity contribution in [1.82, 2.24) is 4.90 Å². The van der Waals surface area contributed by atoms with Crippen molar-refractivity contribution in [3.63, 3.8) is 0 Å². The van der Waals surface area contributed by atoms with Crippen molar-refractivity contribution in [2.24, 2.45) is 0 Å². The molecule has 0 saturated heterocycles. The molecule has 0 aliphatic carbocycles. The van der Waals surface area contributed by atoms with E-state index in [9.17, 15) is 14.4 Å². The molecule has 3 rings (SSSR count). The van der Waals surface area contributed by atoms with Gasteiger partial charge in [0.1, 0.15) is 12.3 Å². The largest absolute Gasteiger partial charge is 0.494 e. The topological polar surface area (TPSA) is 79.0 Å². The van der Waals surface area contributed by atoms with Gasteiger partial charge in [0.25, 0.3) is 5.91 Å². The molecular formula is C23H27N3O4. The third-order valence-corrected chi connectivity index (χ3v) is 4.92. The molecule has 7 nitrogen and oxygen atoms in total. The molecule has 3 amide bonds. The van der Waals surface area contributed by atoms with E-state index in [4.69, 9.17) is 4.74 Å². The van der Waals surface area contributed by atoms with Crippen molar-refractivity contribution < 1.29 is 19.1 Å². The molecule has 0 saturated carbocycles. The van der Waals surface area contributed by atoms with Gasteiger partial charge in [-0.15, -0.1) is 0 Å². The van der Waals surface area contributed by atoms with Gasteiger partial charge in [0.2, 0.25) is 11.8 Å². The third kappa shape index (κ3) is 4.79. The number of likely N-dealkylation sites (N-methyl/N-ethyl adjacent to an activating group) is 1. The van der Waals surface area contributed by atoms with Gasteiger partial charge in [-0.25, -0.2) is 0 Å². The van der Waals surface area contributed by atoms with Gasteiger partial charge in [0, 0.05) is 25.1 Å². The van der Waals surface area contributed by atoms with Gasteiger partial charge in [-0.05, 0) is 49.7 Å². The summed E-state index contributed by atoms with van der Waals surface area (Å²) in [6.45, 7) is 4.38. The minimum atomic E-state index is -0.320. The molecule has 0 radical (unpaired) electrons. The summed E-state index contributed by atoms with van der Waals surface area (Å²) in [6, 6.07) is 13.8. The summed E-state index contributed by atoms with van der Waals surface area (Å²) in [7, 11) is 1.60. The first-order chi connectivity index (χ1) is 14.4. The van der Waals surface area contributed by atoms with Gasteiger partial charge in [-0.3, -0.25) is 14.4 Å². The number of carbonyl (C=O) groups excluding carboxylic acids is 3. The van der Waals surface area contributed by atoms with E-state index in [-0.39, 0.29) is 36.7 Å². The van der Waals surface area contributed by atoms with Crippen LogP contribution in [-0.2, 0) is 9.59 Å². The van der Waals surface area contributed by atoms with E-state index >= 15 is 0 Å². The van der Waals surface area contributed by atoms with Gasteiger partial charge in [0.05, 0.1) is 18.0 Å². The number of nitrogens with one attached hydrogen (secondary N) is 1. The van der Waals surface area contributed by atoms with Crippen molar-refractivity contribution in [2.45, 2.75) is 32.7 Å². The summed E-state index contributed by atoms with van der Waals surface area (Å²) in [5.41, 5.74) is 1.71. The van der Waals surface area contributed by atoms with Crippen LogP contribution in [0, 0.1) is 0 Å². The van der Waals surface area contributed by atoms with Crippen LogP contribution in [0.4, 0.5) is 11.4 Å². The lowest BCUT2D eigenvalue weighted by Gasteiger charge is -2.29. The Morgan fingerprint density at radius 3 is 2.57 bits per heavy atom. The first-order valence-corrected chi connectivity index (χ1v) is 10.1. The van der Waals surface area contributed by atoms with Gasteiger partial charge >= 0.3 is 0 Å². The summed E-state index contributed by atoms with van der Waals surface area (Å²) >= 11 is 0. The van der Waals surface area contributed by atoms with Gasteiger partial charge < -0.3 is 19.9 Å². The maximum absolute atomic E-state index is 13.1. The number of anilines is 2. The van der Waals surface area contributed by atoms with Crippen LogP contribution < -0.4 is 15.0 Å². The Bertz CT molecular complexity index is 926. The fraction of sp³-hybridized carbons (Fsp3) is 0.348. The zero-order valence-electron chi connectivity index (χ0n) is 17.6. The minimum absolute atomic E-state index is 0.0974. The number of benzene rings is 2. The van der Waals surface area contributed by atoms with Gasteiger partial charge in [-0.1, -0.05) is 19.1 Å². The average molecular weight is 409 g/mol. The number of hydrogen-bond acceptors (Lipinski definition) is 4. The van der Waals surface area contributed by atoms with Gasteiger partial charge in [-0.2, -0.15) is 0 Å². The molecule has 1 atom stereocenters. The standard InChI is InChI=1S/C23H27N3O4/c1-4-13-30-18-11-9-17(10-12-18)23(29)25(3)15-22(28)26-16(2)14-21(27)24-19-7-5-6-8-20(19)26/h5-12,16H,4,13-15H2,1-3H3,(H,24,27)/t16-/m1/s1. The number of fused-ring (bicyclic) bond motifs is 1. The molecular weight excluding hydrogens is 382 g/mol. The Kier molecular flexibility index (Phi) is 6.72. The fourth-order valence-electron chi connectivity index (χ4n) is 3.45. The van der Waals surface area contributed by atoms with Crippen LogP contribution in [-0.4, -0.2) is 48.9 Å². The molecule has 0 unspecified atom stereocenters. The van der Waals surface area contributed by atoms with Crippen LogP contribution in [0.15, 0.2) is 48.5 Å². The number of rotatable bonds is 6. The van der Waals surface area contributed by atoms with Crippen molar-refractivity contribution >= 4 is 29.1 Å². The molecule has 1 aliphatic rings. The zero-order chi connectivity index (χ0) is 21.7. The monoisotopic (exact) mass is 409 g/mol. The number of hydrogen-bond donors (Lipinski definition) is 1. The van der Waals surface area contributed by atoms with Crippen molar-refractivity contribution in [3.05, 3.63) is 54.1 Å². The Hall–Kier alpha value is -3.35. The molecule has 1 heterocycles. The number of ether oxygens (including phenoxy) is 1. The number of para-hydroxylation sites is 2. The molecule has 158 valence electrons. The summed E-state index contributed by atoms with van der Waals surface area (Å²) in [4.78, 5) is 41.0. The van der Waals surface area contributed by atoms with E-state index in [1.807, 2.05) is 19.9 Å². The van der Waals surface area contributed by atoms with Crippen LogP contribution in [0.1, 0.15) is 37.0 Å². The lowest BCUT2D eigenvalue weighted by Crippen LogP contribution is -2.45. The summed E-state index contributed by atoms with van der Waals surface area (Å²) in [5, 5.41) is 2.83. The zero-order valence-corrected chi connectivity index (χ0v) is 17.6. The normalized spacial score (nSPS) is 15.6. The average Bonchev–Trinajstić information content (AvgIpc) is 2.86. The first-order valence-electron chi connectivity index (χ1n) is 10.1. The Balaban J connectivity index is 1.73. The second-order valence-electron chi connectivity index (χ2n) is 7.42. The second-order valence-corrected chi connectivity index (χ2v) is 7.42. The molecule has 0 spiro atoms. The Morgan fingerprint density at radius 1 is 1.17 bits per heavy atom. The highest BCUT2D eigenvalue weighted by molar-refractivity contribution is 6.06. The molecule has 1 N–H and O–H groups in total. The van der Waals surface area contributed by atoms with Crippen LogP contribution >= 0.6 is 0 Å². The van der Waals surface area contributed by atoms with Crippen molar-refractivity contribution in [2.75, 3.05) is 30.4 Å². The number of amides is 3. The van der Waals surface area contributed by atoms with E-state index in [0.717, 1.165) is 6.42 Å². The van der Waals surface area contributed by atoms with E-state index < -0.39 is 0 Å². The van der Waals surface area contributed by atoms with E-state index in [1.54, 1.807) is 54.4 Å².